The van der Waals surface area contributed by atoms with Crippen LogP contribution in [0.15, 0.2) is 21.5 Å². The van der Waals surface area contributed by atoms with Gasteiger partial charge in [-0.05, 0) is 53.3 Å². The van der Waals surface area contributed by atoms with Crippen LogP contribution < -0.4 is 5.63 Å². The number of hydrogen-bond acceptors (Lipinski definition) is 3. The fraction of sp³-hybridized carbons (Fsp3) is 0.400. The van der Waals surface area contributed by atoms with Crippen LogP contribution in [0.5, 0.6) is 5.75 Å². The molecule has 1 N–H and O–H groups in total. The summed E-state index contributed by atoms with van der Waals surface area (Å²) in [6.07, 6.45) is 3.14. The van der Waals surface area contributed by atoms with E-state index in [0.717, 1.165) is 29.4 Å². The number of benzene rings is 1. The van der Waals surface area contributed by atoms with Gasteiger partial charge in [0.25, 0.3) is 0 Å². The Labute approximate surface area is 105 Å². The molecule has 0 aliphatic heterocycles. The van der Waals surface area contributed by atoms with E-state index in [0.29, 0.717) is 5.39 Å². The van der Waals surface area contributed by atoms with Gasteiger partial charge in [-0.1, -0.05) is 13.8 Å². The van der Waals surface area contributed by atoms with Crippen LogP contribution in [-0.2, 0) is 12.8 Å². The topological polar surface area (TPSA) is 50.4 Å². The van der Waals surface area contributed by atoms with Crippen LogP contribution in [0, 0.1) is 12.3 Å². The minimum Gasteiger partial charge on any atom is -0.507 e. The molecule has 0 bridgehead atoms. The van der Waals surface area contributed by atoms with Crippen molar-refractivity contribution in [3.05, 3.63) is 39.4 Å². The SMILES string of the molecule is Cc1c2c(c(O)c3c(=O)occc13)CC(C)(C)C2. The van der Waals surface area contributed by atoms with Gasteiger partial charge in [0, 0.05) is 0 Å². The first-order valence-corrected chi connectivity index (χ1v) is 6.15. The predicted octanol–water partition coefficient (Wildman–Crippen LogP) is 2.93. The lowest BCUT2D eigenvalue weighted by atomic mass is 9.90. The number of phenolic OH excluding ortho intramolecular Hbond substituents is 1. The largest absolute Gasteiger partial charge is 0.507 e. The molecule has 0 spiro atoms. The number of fused-ring (bicyclic) bond motifs is 2. The average Bonchev–Trinajstić information content (AvgIpc) is 2.62. The summed E-state index contributed by atoms with van der Waals surface area (Å²) in [5.74, 6) is 0.116. The van der Waals surface area contributed by atoms with Crippen molar-refractivity contribution in [3.63, 3.8) is 0 Å². The molecule has 1 aromatic heterocycles. The van der Waals surface area contributed by atoms with Crippen LogP contribution in [0.3, 0.4) is 0 Å². The molecule has 0 unspecified atom stereocenters. The van der Waals surface area contributed by atoms with E-state index in [4.69, 9.17) is 4.42 Å². The van der Waals surface area contributed by atoms with E-state index in [1.807, 2.05) is 6.92 Å². The molecule has 0 amide bonds. The molecule has 1 aromatic carbocycles. The lowest BCUT2D eigenvalue weighted by molar-refractivity contribution is 0.386. The highest BCUT2D eigenvalue weighted by Crippen LogP contribution is 2.45. The molecule has 1 aliphatic carbocycles. The monoisotopic (exact) mass is 244 g/mol. The minimum absolute atomic E-state index is 0.116. The van der Waals surface area contributed by atoms with Crippen LogP contribution in [0.1, 0.15) is 30.5 Å². The Morgan fingerprint density at radius 3 is 2.67 bits per heavy atom. The second kappa shape index (κ2) is 3.37. The van der Waals surface area contributed by atoms with Crippen LogP contribution in [0.4, 0.5) is 0 Å². The summed E-state index contributed by atoms with van der Waals surface area (Å²) in [5, 5.41) is 11.5. The van der Waals surface area contributed by atoms with Gasteiger partial charge in [0.15, 0.2) is 0 Å². The molecule has 94 valence electrons. The fourth-order valence-electron chi connectivity index (χ4n) is 3.08. The summed E-state index contributed by atoms with van der Waals surface area (Å²) >= 11 is 0. The second-order valence-electron chi connectivity index (χ2n) is 5.95. The Kier molecular flexibility index (Phi) is 2.12. The third-order valence-corrected chi connectivity index (χ3v) is 3.94. The summed E-state index contributed by atoms with van der Waals surface area (Å²) in [6, 6.07) is 1.76. The Morgan fingerprint density at radius 2 is 1.94 bits per heavy atom. The second-order valence-corrected chi connectivity index (χ2v) is 5.95. The van der Waals surface area contributed by atoms with Crippen molar-refractivity contribution in [2.24, 2.45) is 5.41 Å². The van der Waals surface area contributed by atoms with E-state index in [2.05, 4.69) is 13.8 Å². The highest BCUT2D eigenvalue weighted by atomic mass is 16.4. The highest BCUT2D eigenvalue weighted by Gasteiger charge is 2.33. The van der Waals surface area contributed by atoms with E-state index < -0.39 is 5.63 Å². The summed E-state index contributed by atoms with van der Waals surface area (Å²) in [7, 11) is 0. The summed E-state index contributed by atoms with van der Waals surface area (Å²) in [4.78, 5) is 11.8. The number of rotatable bonds is 0. The van der Waals surface area contributed by atoms with Crippen molar-refractivity contribution >= 4 is 10.8 Å². The van der Waals surface area contributed by atoms with Gasteiger partial charge < -0.3 is 9.52 Å². The quantitative estimate of drug-likeness (QED) is 0.775. The van der Waals surface area contributed by atoms with Crippen LogP contribution in [-0.4, -0.2) is 5.11 Å². The number of aromatic hydroxyl groups is 1. The third kappa shape index (κ3) is 1.40. The molecule has 3 rings (SSSR count). The van der Waals surface area contributed by atoms with Crippen molar-refractivity contribution in [2.75, 3.05) is 0 Å². The highest BCUT2D eigenvalue weighted by molar-refractivity contribution is 5.92. The minimum atomic E-state index is -0.458. The summed E-state index contributed by atoms with van der Waals surface area (Å²) < 4.78 is 4.87. The van der Waals surface area contributed by atoms with Gasteiger partial charge >= 0.3 is 5.63 Å². The maximum Gasteiger partial charge on any atom is 0.347 e. The summed E-state index contributed by atoms with van der Waals surface area (Å²) in [5.41, 5.74) is 2.89. The van der Waals surface area contributed by atoms with Gasteiger partial charge in [0.2, 0.25) is 0 Å². The maximum atomic E-state index is 11.8. The molecule has 3 nitrogen and oxygen atoms in total. The molecule has 2 aromatic rings. The first-order valence-electron chi connectivity index (χ1n) is 6.15. The van der Waals surface area contributed by atoms with E-state index >= 15 is 0 Å². The Balaban J connectivity index is 2.48. The normalized spacial score (nSPS) is 17.1. The number of aryl methyl sites for hydroxylation is 1. The zero-order chi connectivity index (χ0) is 13.1. The van der Waals surface area contributed by atoms with Gasteiger partial charge in [-0.3, -0.25) is 0 Å². The van der Waals surface area contributed by atoms with E-state index in [9.17, 15) is 9.90 Å². The van der Waals surface area contributed by atoms with Gasteiger partial charge in [-0.15, -0.1) is 0 Å². The van der Waals surface area contributed by atoms with E-state index in [-0.39, 0.29) is 11.2 Å². The van der Waals surface area contributed by atoms with Crippen LogP contribution in [0.2, 0.25) is 0 Å². The molecule has 1 aliphatic rings. The lowest BCUT2D eigenvalue weighted by Gasteiger charge is -2.15. The van der Waals surface area contributed by atoms with Gasteiger partial charge in [-0.2, -0.15) is 0 Å². The Hall–Kier alpha value is -1.77. The molecule has 0 atom stereocenters. The summed E-state index contributed by atoms with van der Waals surface area (Å²) in [6.45, 7) is 6.37. The van der Waals surface area contributed by atoms with Crippen molar-refractivity contribution in [2.45, 2.75) is 33.6 Å². The fourth-order valence-corrected chi connectivity index (χ4v) is 3.08. The molecular formula is C15H16O3. The van der Waals surface area contributed by atoms with Crippen molar-refractivity contribution < 1.29 is 9.52 Å². The van der Waals surface area contributed by atoms with E-state index in [1.54, 1.807) is 6.07 Å². The maximum absolute atomic E-state index is 11.8. The van der Waals surface area contributed by atoms with Gasteiger partial charge in [-0.25, -0.2) is 4.79 Å². The molecule has 1 heterocycles. The zero-order valence-corrected chi connectivity index (χ0v) is 10.8. The van der Waals surface area contributed by atoms with E-state index in [1.165, 1.54) is 11.8 Å². The molecule has 0 saturated heterocycles. The molecule has 0 saturated carbocycles. The van der Waals surface area contributed by atoms with Crippen molar-refractivity contribution in [1.82, 2.24) is 0 Å². The van der Waals surface area contributed by atoms with Crippen LogP contribution in [0.25, 0.3) is 10.8 Å². The Morgan fingerprint density at radius 1 is 1.28 bits per heavy atom. The number of phenols is 1. The average molecular weight is 244 g/mol. The number of hydrogen-bond donors (Lipinski definition) is 1. The lowest BCUT2D eigenvalue weighted by Crippen LogP contribution is -2.09. The molecular weight excluding hydrogens is 228 g/mol. The molecule has 0 radical (unpaired) electrons. The first-order chi connectivity index (χ1) is 8.41. The molecule has 18 heavy (non-hydrogen) atoms. The smallest absolute Gasteiger partial charge is 0.347 e. The third-order valence-electron chi connectivity index (χ3n) is 3.94. The molecule has 0 fully saturated rings. The van der Waals surface area contributed by atoms with Crippen LogP contribution >= 0.6 is 0 Å². The molecule has 3 heteroatoms. The zero-order valence-electron chi connectivity index (χ0n) is 10.8. The van der Waals surface area contributed by atoms with Crippen molar-refractivity contribution in [1.29, 1.82) is 0 Å². The first kappa shape index (κ1) is 11.3. The van der Waals surface area contributed by atoms with Crippen molar-refractivity contribution in [3.8, 4) is 5.75 Å². The Bertz CT molecular complexity index is 708. The van der Waals surface area contributed by atoms with Gasteiger partial charge in [0.1, 0.15) is 11.1 Å². The van der Waals surface area contributed by atoms with Gasteiger partial charge in [0.05, 0.1) is 6.26 Å². The standard InChI is InChI=1S/C15H16O3/c1-8-9-4-5-18-14(17)12(9)13(16)11-7-15(2,3)6-10(8)11/h4-5,16H,6-7H2,1-3H3. The predicted molar refractivity (Wildman–Crippen MR) is 70.1 cm³/mol.